The number of rotatable bonds is 3. The number of aliphatic hydroxyl groups is 1. The van der Waals surface area contributed by atoms with Gasteiger partial charge < -0.3 is 9.84 Å². The lowest BCUT2D eigenvalue weighted by atomic mass is 10.1. The summed E-state index contributed by atoms with van der Waals surface area (Å²) in [5.74, 6) is -0.491. The van der Waals surface area contributed by atoms with Gasteiger partial charge in [0.25, 0.3) is 5.56 Å². The fourth-order valence-corrected chi connectivity index (χ4v) is 1.86. The van der Waals surface area contributed by atoms with Crippen molar-refractivity contribution in [2.75, 3.05) is 0 Å². The van der Waals surface area contributed by atoms with Gasteiger partial charge >= 0.3 is 6.36 Å². The minimum atomic E-state index is -4.83. The first kappa shape index (κ1) is 15.3. The molecule has 0 unspecified atom stereocenters. The van der Waals surface area contributed by atoms with E-state index < -0.39 is 23.3 Å². The molecule has 5 nitrogen and oxygen atoms in total. The number of aromatic nitrogens is 2. The Kier molecular flexibility index (Phi) is 3.66. The van der Waals surface area contributed by atoms with Crippen molar-refractivity contribution in [2.24, 2.45) is 0 Å². The van der Waals surface area contributed by atoms with Crippen LogP contribution in [0.3, 0.4) is 0 Å². The van der Waals surface area contributed by atoms with Gasteiger partial charge in [0.1, 0.15) is 5.75 Å². The minimum absolute atomic E-state index is 0.0106. The number of halogens is 3. The number of hydrogen-bond acceptors (Lipinski definition) is 4. The van der Waals surface area contributed by atoms with Gasteiger partial charge in [-0.2, -0.15) is 0 Å². The number of alkyl halides is 3. The first-order valence-electron chi connectivity index (χ1n) is 6.02. The van der Waals surface area contributed by atoms with Gasteiger partial charge in [-0.05, 0) is 32.0 Å². The van der Waals surface area contributed by atoms with Crippen LogP contribution in [-0.2, 0) is 6.54 Å². The van der Waals surface area contributed by atoms with Gasteiger partial charge in [-0.3, -0.25) is 9.36 Å². The Balaban J connectivity index is 2.50. The quantitative estimate of drug-likeness (QED) is 0.942. The molecule has 0 aliphatic heterocycles. The van der Waals surface area contributed by atoms with Gasteiger partial charge in [0.15, 0.2) is 0 Å². The number of benzene rings is 1. The topological polar surface area (TPSA) is 64.3 Å². The second-order valence-electron chi connectivity index (χ2n) is 5.22. The lowest BCUT2D eigenvalue weighted by Crippen LogP contribution is -2.32. The van der Waals surface area contributed by atoms with Gasteiger partial charge in [0, 0.05) is 0 Å². The molecular weight excluding hydrogens is 289 g/mol. The molecule has 0 aliphatic rings. The second-order valence-corrected chi connectivity index (χ2v) is 5.22. The van der Waals surface area contributed by atoms with E-state index in [-0.39, 0.29) is 17.4 Å². The highest BCUT2D eigenvalue weighted by Crippen LogP contribution is 2.24. The van der Waals surface area contributed by atoms with Crippen molar-refractivity contribution in [3.63, 3.8) is 0 Å². The number of nitrogens with zero attached hydrogens (tertiary/aromatic N) is 2. The van der Waals surface area contributed by atoms with Gasteiger partial charge in [0.05, 0.1) is 29.4 Å². The zero-order valence-corrected chi connectivity index (χ0v) is 11.3. The maximum absolute atomic E-state index is 12.2. The van der Waals surface area contributed by atoms with Crippen LogP contribution in [0.1, 0.15) is 13.8 Å². The van der Waals surface area contributed by atoms with Crippen LogP contribution in [0.15, 0.2) is 29.3 Å². The van der Waals surface area contributed by atoms with Gasteiger partial charge in [-0.1, -0.05) is 0 Å². The third-order valence-corrected chi connectivity index (χ3v) is 2.59. The maximum Gasteiger partial charge on any atom is 0.573 e. The summed E-state index contributed by atoms with van der Waals surface area (Å²) in [4.78, 5) is 16.2. The maximum atomic E-state index is 12.2. The van der Waals surface area contributed by atoms with Crippen molar-refractivity contribution in [3.05, 3.63) is 34.9 Å². The molecule has 1 aromatic heterocycles. The summed E-state index contributed by atoms with van der Waals surface area (Å²) >= 11 is 0. The van der Waals surface area contributed by atoms with Crippen LogP contribution in [0.2, 0.25) is 0 Å². The van der Waals surface area contributed by atoms with E-state index in [4.69, 9.17) is 0 Å². The predicted octanol–water partition coefficient (Wildman–Crippen LogP) is 2.07. The van der Waals surface area contributed by atoms with E-state index in [2.05, 4.69) is 9.72 Å². The number of ether oxygens (including phenoxy) is 1. The number of fused-ring (bicyclic) bond motifs is 1. The molecule has 1 N–H and O–H groups in total. The second kappa shape index (κ2) is 5.03. The summed E-state index contributed by atoms with van der Waals surface area (Å²) in [6, 6.07) is 3.34. The summed E-state index contributed by atoms with van der Waals surface area (Å²) in [5, 5.41) is 9.70. The van der Waals surface area contributed by atoms with Gasteiger partial charge in [0.2, 0.25) is 0 Å². The summed E-state index contributed by atoms with van der Waals surface area (Å²) in [6.45, 7) is 2.98. The van der Waals surface area contributed by atoms with Crippen LogP contribution in [0.25, 0.3) is 10.9 Å². The van der Waals surface area contributed by atoms with Crippen LogP contribution >= 0.6 is 0 Å². The predicted molar refractivity (Wildman–Crippen MR) is 69.0 cm³/mol. The van der Waals surface area contributed by atoms with Crippen molar-refractivity contribution < 1.29 is 23.0 Å². The van der Waals surface area contributed by atoms with E-state index in [0.717, 1.165) is 16.7 Å². The van der Waals surface area contributed by atoms with Crippen LogP contribution in [0.5, 0.6) is 5.75 Å². The Morgan fingerprint density at radius 1 is 1.33 bits per heavy atom. The molecule has 0 atom stereocenters. The Hall–Kier alpha value is -2.09. The van der Waals surface area contributed by atoms with Crippen LogP contribution in [-0.4, -0.2) is 26.6 Å². The zero-order chi connectivity index (χ0) is 15.8. The highest BCUT2D eigenvalue weighted by Gasteiger charge is 2.31. The molecule has 1 heterocycles. The largest absolute Gasteiger partial charge is 0.573 e. The van der Waals surface area contributed by atoms with Crippen LogP contribution < -0.4 is 10.3 Å². The van der Waals surface area contributed by atoms with Gasteiger partial charge in [-0.15, -0.1) is 13.2 Å². The Morgan fingerprint density at radius 2 is 2.00 bits per heavy atom. The van der Waals surface area contributed by atoms with E-state index in [1.807, 2.05) is 0 Å². The molecule has 0 bridgehead atoms. The molecule has 21 heavy (non-hydrogen) atoms. The van der Waals surface area contributed by atoms with E-state index in [1.54, 1.807) is 0 Å². The molecule has 0 spiro atoms. The lowest BCUT2D eigenvalue weighted by molar-refractivity contribution is -0.274. The first-order valence-corrected chi connectivity index (χ1v) is 6.02. The normalized spacial score (nSPS) is 12.7. The average Bonchev–Trinajstić information content (AvgIpc) is 2.30. The first-order chi connectivity index (χ1) is 9.55. The highest BCUT2D eigenvalue weighted by atomic mass is 19.4. The van der Waals surface area contributed by atoms with Crippen molar-refractivity contribution in [3.8, 4) is 5.75 Å². The SMILES string of the molecule is CC(C)(O)Cn1cnc2ccc(OC(F)(F)F)cc2c1=O. The van der Waals surface area contributed by atoms with E-state index >= 15 is 0 Å². The fraction of sp³-hybridized carbons (Fsp3) is 0.385. The lowest BCUT2D eigenvalue weighted by Gasteiger charge is -2.18. The fourth-order valence-electron chi connectivity index (χ4n) is 1.86. The summed E-state index contributed by atoms with van der Waals surface area (Å²) in [6.07, 6.45) is -3.59. The standard InChI is InChI=1S/C13H13F3N2O3/c1-12(2,20)6-18-7-17-10-4-3-8(21-13(14,15)16)5-9(10)11(18)19/h3-5,7,20H,6H2,1-2H3. The average molecular weight is 302 g/mol. The molecule has 114 valence electrons. The molecule has 0 radical (unpaired) electrons. The third kappa shape index (κ3) is 3.94. The molecule has 8 heteroatoms. The van der Waals surface area contributed by atoms with E-state index in [0.29, 0.717) is 0 Å². The summed E-state index contributed by atoms with van der Waals surface area (Å²) in [7, 11) is 0. The van der Waals surface area contributed by atoms with Crippen LogP contribution in [0, 0.1) is 0 Å². The molecular formula is C13H13F3N2O3. The van der Waals surface area contributed by atoms with E-state index in [9.17, 15) is 23.1 Å². The van der Waals surface area contributed by atoms with Crippen molar-refractivity contribution >= 4 is 10.9 Å². The molecule has 0 saturated heterocycles. The third-order valence-electron chi connectivity index (χ3n) is 2.59. The molecule has 1 aromatic carbocycles. The molecule has 0 saturated carbocycles. The highest BCUT2D eigenvalue weighted by molar-refractivity contribution is 5.78. The minimum Gasteiger partial charge on any atom is -0.406 e. The van der Waals surface area contributed by atoms with Crippen molar-refractivity contribution in [1.82, 2.24) is 9.55 Å². The molecule has 2 aromatic rings. The Labute approximate surface area is 117 Å². The smallest absolute Gasteiger partial charge is 0.406 e. The molecule has 0 aliphatic carbocycles. The molecule has 2 rings (SSSR count). The van der Waals surface area contributed by atoms with Crippen molar-refractivity contribution in [1.29, 1.82) is 0 Å². The summed E-state index contributed by atoms with van der Waals surface area (Å²) < 4.78 is 41.5. The van der Waals surface area contributed by atoms with E-state index in [1.165, 1.54) is 26.2 Å². The summed E-state index contributed by atoms with van der Waals surface area (Å²) in [5.41, 5.74) is -1.45. The molecule has 0 amide bonds. The van der Waals surface area contributed by atoms with Crippen molar-refractivity contribution in [2.45, 2.75) is 32.4 Å². The van der Waals surface area contributed by atoms with Crippen LogP contribution in [0.4, 0.5) is 13.2 Å². The zero-order valence-electron chi connectivity index (χ0n) is 11.3. The molecule has 0 fully saturated rings. The van der Waals surface area contributed by atoms with Gasteiger partial charge in [-0.25, -0.2) is 4.98 Å². The Morgan fingerprint density at radius 3 is 2.57 bits per heavy atom. The number of hydrogen-bond donors (Lipinski definition) is 1. The Bertz CT molecular complexity index is 712. The monoisotopic (exact) mass is 302 g/mol.